The molecule has 0 unspecified atom stereocenters. The molecule has 20 heavy (non-hydrogen) atoms. The van der Waals surface area contributed by atoms with Gasteiger partial charge in [0, 0.05) is 23.5 Å². The van der Waals surface area contributed by atoms with E-state index >= 15 is 0 Å². The molecule has 0 spiro atoms. The van der Waals surface area contributed by atoms with E-state index in [1.807, 2.05) is 18.3 Å². The van der Waals surface area contributed by atoms with Crippen molar-refractivity contribution in [2.24, 2.45) is 0 Å². The SMILES string of the molecule is CC(C)(C)c1ccc(-c2nc3cc(N)ccn3n2)cc1. The number of aromatic nitrogens is 3. The number of rotatable bonds is 1. The number of nitrogens with zero attached hydrogens (tertiary/aromatic N) is 3. The van der Waals surface area contributed by atoms with Crippen molar-refractivity contribution in [3.63, 3.8) is 0 Å². The second-order valence-electron chi connectivity index (χ2n) is 6.03. The van der Waals surface area contributed by atoms with Crippen LogP contribution in [0.15, 0.2) is 42.6 Å². The first kappa shape index (κ1) is 12.7. The van der Waals surface area contributed by atoms with Gasteiger partial charge in [-0.15, -0.1) is 5.10 Å². The molecular formula is C16H18N4. The highest BCUT2D eigenvalue weighted by Gasteiger charge is 2.14. The molecule has 0 amide bonds. The van der Waals surface area contributed by atoms with Gasteiger partial charge in [0.05, 0.1) is 0 Å². The minimum Gasteiger partial charge on any atom is -0.399 e. The van der Waals surface area contributed by atoms with Gasteiger partial charge in [0.2, 0.25) is 0 Å². The number of pyridine rings is 1. The van der Waals surface area contributed by atoms with Gasteiger partial charge in [0.25, 0.3) is 0 Å². The van der Waals surface area contributed by atoms with E-state index in [-0.39, 0.29) is 5.41 Å². The van der Waals surface area contributed by atoms with E-state index in [1.54, 1.807) is 4.52 Å². The molecule has 0 saturated heterocycles. The second kappa shape index (κ2) is 4.34. The Morgan fingerprint density at radius 3 is 2.40 bits per heavy atom. The molecule has 102 valence electrons. The first-order chi connectivity index (χ1) is 9.43. The van der Waals surface area contributed by atoms with Crippen LogP contribution in [-0.2, 0) is 5.41 Å². The minimum atomic E-state index is 0.152. The predicted molar refractivity (Wildman–Crippen MR) is 81.5 cm³/mol. The van der Waals surface area contributed by atoms with Gasteiger partial charge in [-0.3, -0.25) is 0 Å². The Hall–Kier alpha value is -2.36. The fourth-order valence-electron chi connectivity index (χ4n) is 2.14. The topological polar surface area (TPSA) is 56.2 Å². The minimum absolute atomic E-state index is 0.152. The Labute approximate surface area is 118 Å². The van der Waals surface area contributed by atoms with Crippen molar-refractivity contribution in [3.8, 4) is 11.4 Å². The number of nitrogens with two attached hydrogens (primary N) is 1. The fraction of sp³-hybridized carbons (Fsp3) is 0.250. The van der Waals surface area contributed by atoms with E-state index in [1.165, 1.54) is 5.56 Å². The third kappa shape index (κ3) is 2.25. The lowest BCUT2D eigenvalue weighted by molar-refractivity contribution is 0.590. The number of nitrogen functional groups attached to an aromatic ring is 1. The molecule has 0 bridgehead atoms. The summed E-state index contributed by atoms with van der Waals surface area (Å²) in [4.78, 5) is 4.51. The highest BCUT2D eigenvalue weighted by Crippen LogP contribution is 2.25. The van der Waals surface area contributed by atoms with E-state index in [2.05, 4.69) is 55.1 Å². The van der Waals surface area contributed by atoms with Gasteiger partial charge < -0.3 is 5.73 Å². The zero-order valence-electron chi connectivity index (χ0n) is 12.0. The molecule has 0 aliphatic carbocycles. The van der Waals surface area contributed by atoms with E-state index in [9.17, 15) is 0 Å². The highest BCUT2D eigenvalue weighted by atomic mass is 15.3. The highest BCUT2D eigenvalue weighted by molar-refractivity contribution is 5.60. The van der Waals surface area contributed by atoms with Crippen LogP contribution in [-0.4, -0.2) is 14.6 Å². The standard InChI is InChI=1S/C16H18N4/c1-16(2,3)12-6-4-11(5-7-12)15-18-14-10-13(17)8-9-20(14)19-15/h4-10H,17H2,1-3H3. The first-order valence-electron chi connectivity index (χ1n) is 6.66. The quantitative estimate of drug-likeness (QED) is 0.735. The maximum atomic E-state index is 5.76. The van der Waals surface area contributed by atoms with E-state index in [0.29, 0.717) is 5.69 Å². The van der Waals surface area contributed by atoms with E-state index in [0.717, 1.165) is 17.0 Å². The molecule has 2 heterocycles. The molecule has 2 N–H and O–H groups in total. The van der Waals surface area contributed by atoms with Gasteiger partial charge in [0.15, 0.2) is 11.5 Å². The third-order valence-corrected chi connectivity index (χ3v) is 3.37. The van der Waals surface area contributed by atoms with E-state index in [4.69, 9.17) is 5.73 Å². The lowest BCUT2D eigenvalue weighted by Crippen LogP contribution is -2.10. The Morgan fingerprint density at radius 1 is 1.05 bits per heavy atom. The molecule has 4 nitrogen and oxygen atoms in total. The Balaban J connectivity index is 2.02. The van der Waals surface area contributed by atoms with Crippen LogP contribution in [0.1, 0.15) is 26.3 Å². The van der Waals surface area contributed by atoms with Crippen LogP contribution in [0.4, 0.5) is 5.69 Å². The second-order valence-corrected chi connectivity index (χ2v) is 6.03. The normalized spacial score (nSPS) is 11.9. The summed E-state index contributed by atoms with van der Waals surface area (Å²) >= 11 is 0. The Morgan fingerprint density at radius 2 is 1.75 bits per heavy atom. The maximum Gasteiger partial charge on any atom is 0.182 e. The molecule has 0 atom stereocenters. The molecule has 1 aromatic carbocycles. The van der Waals surface area contributed by atoms with Gasteiger partial charge in [-0.2, -0.15) is 0 Å². The van der Waals surface area contributed by atoms with Crippen molar-refractivity contribution >= 4 is 11.3 Å². The van der Waals surface area contributed by atoms with Crippen LogP contribution < -0.4 is 5.73 Å². The lowest BCUT2D eigenvalue weighted by atomic mass is 9.87. The van der Waals surface area contributed by atoms with Gasteiger partial charge in [-0.25, -0.2) is 9.50 Å². The van der Waals surface area contributed by atoms with Gasteiger partial charge >= 0.3 is 0 Å². The van der Waals surface area contributed by atoms with Crippen LogP contribution in [0.25, 0.3) is 17.0 Å². The maximum absolute atomic E-state index is 5.76. The number of anilines is 1. The summed E-state index contributed by atoms with van der Waals surface area (Å²) in [6.07, 6.45) is 1.82. The molecule has 2 aromatic heterocycles. The number of benzene rings is 1. The van der Waals surface area contributed by atoms with Crippen molar-refractivity contribution in [2.75, 3.05) is 5.73 Å². The molecule has 0 radical (unpaired) electrons. The fourth-order valence-corrected chi connectivity index (χ4v) is 2.14. The molecule has 4 heteroatoms. The summed E-state index contributed by atoms with van der Waals surface area (Å²) in [5.74, 6) is 0.719. The summed E-state index contributed by atoms with van der Waals surface area (Å²) in [5.41, 5.74) is 9.68. The van der Waals surface area contributed by atoms with Crippen molar-refractivity contribution in [3.05, 3.63) is 48.2 Å². The summed E-state index contributed by atoms with van der Waals surface area (Å²) in [6, 6.07) is 12.0. The summed E-state index contributed by atoms with van der Waals surface area (Å²) in [7, 11) is 0. The zero-order chi connectivity index (χ0) is 14.3. The lowest BCUT2D eigenvalue weighted by Gasteiger charge is -2.18. The smallest absolute Gasteiger partial charge is 0.182 e. The van der Waals surface area contributed by atoms with Crippen molar-refractivity contribution in [1.29, 1.82) is 0 Å². The number of hydrogen-bond donors (Lipinski definition) is 1. The monoisotopic (exact) mass is 266 g/mol. The van der Waals surface area contributed by atoms with Crippen LogP contribution in [0.2, 0.25) is 0 Å². The molecule has 0 saturated carbocycles. The van der Waals surface area contributed by atoms with Crippen LogP contribution in [0.5, 0.6) is 0 Å². The molecule has 0 fully saturated rings. The summed E-state index contributed by atoms with van der Waals surface area (Å²) < 4.78 is 1.74. The molecule has 0 aliphatic rings. The molecule has 3 aromatic rings. The largest absolute Gasteiger partial charge is 0.399 e. The van der Waals surface area contributed by atoms with Crippen molar-refractivity contribution in [2.45, 2.75) is 26.2 Å². The van der Waals surface area contributed by atoms with Gasteiger partial charge in [-0.05, 0) is 17.0 Å². The molecule has 0 aliphatic heterocycles. The van der Waals surface area contributed by atoms with Crippen molar-refractivity contribution < 1.29 is 0 Å². The van der Waals surface area contributed by atoms with E-state index < -0.39 is 0 Å². The average Bonchev–Trinajstić information content (AvgIpc) is 2.80. The number of hydrogen-bond acceptors (Lipinski definition) is 3. The van der Waals surface area contributed by atoms with Gasteiger partial charge in [0.1, 0.15) is 0 Å². The van der Waals surface area contributed by atoms with Crippen LogP contribution >= 0.6 is 0 Å². The molecule has 3 rings (SSSR count). The average molecular weight is 266 g/mol. The predicted octanol–water partition coefficient (Wildman–Crippen LogP) is 3.28. The zero-order valence-corrected chi connectivity index (χ0v) is 12.0. The Bertz CT molecular complexity index is 748. The Kier molecular flexibility index (Phi) is 2.74. The molecular weight excluding hydrogens is 248 g/mol. The van der Waals surface area contributed by atoms with Crippen LogP contribution in [0, 0.1) is 0 Å². The van der Waals surface area contributed by atoms with Gasteiger partial charge in [-0.1, -0.05) is 45.0 Å². The van der Waals surface area contributed by atoms with Crippen LogP contribution in [0.3, 0.4) is 0 Å². The third-order valence-electron chi connectivity index (χ3n) is 3.37. The number of fused-ring (bicyclic) bond motifs is 1. The van der Waals surface area contributed by atoms with Crippen molar-refractivity contribution in [1.82, 2.24) is 14.6 Å². The first-order valence-corrected chi connectivity index (χ1v) is 6.66. The summed E-state index contributed by atoms with van der Waals surface area (Å²) in [5, 5.41) is 4.47. The summed E-state index contributed by atoms with van der Waals surface area (Å²) in [6.45, 7) is 6.61.